The number of rotatable bonds is 1. The number of benzene rings is 1. The van der Waals surface area contributed by atoms with E-state index in [4.69, 9.17) is 21.9 Å². The van der Waals surface area contributed by atoms with Crippen molar-refractivity contribution < 1.29 is 69.5 Å². The van der Waals surface area contributed by atoms with Gasteiger partial charge >= 0.3 is 51.4 Å². The zero-order chi connectivity index (χ0) is 10.2. The van der Waals surface area contributed by atoms with E-state index < -0.39 is 26.5 Å². The number of anilines is 1. The van der Waals surface area contributed by atoms with Crippen LogP contribution >= 0.6 is 11.6 Å². The van der Waals surface area contributed by atoms with Crippen LogP contribution < -0.4 is 62.2 Å². The van der Waals surface area contributed by atoms with Crippen LogP contribution in [0.15, 0.2) is 17.0 Å². The third-order valence-electron chi connectivity index (χ3n) is 1.38. The second-order valence-corrected chi connectivity index (χ2v) is 4.06. The van der Waals surface area contributed by atoms with E-state index in [0.717, 1.165) is 12.1 Å². The molecule has 0 saturated carbocycles. The van der Waals surface area contributed by atoms with Crippen molar-refractivity contribution in [3.8, 4) is 5.75 Å². The predicted molar refractivity (Wildman–Crippen MR) is 45.1 cm³/mol. The summed E-state index contributed by atoms with van der Waals surface area (Å²) in [5.74, 6) is -0.991. The van der Waals surface area contributed by atoms with Crippen LogP contribution in [0.4, 0.5) is 5.69 Å². The molecule has 0 aromatic heterocycles. The molecule has 0 fully saturated rings. The minimum Gasteiger partial charge on any atom is -0.870 e. The molecule has 8 heteroatoms. The minimum atomic E-state index is -4.52. The van der Waals surface area contributed by atoms with Crippen molar-refractivity contribution in [2.24, 2.45) is 0 Å². The van der Waals surface area contributed by atoms with E-state index in [-0.39, 0.29) is 56.4 Å². The maximum absolute atomic E-state index is 11.1. The fourth-order valence-corrected chi connectivity index (χ4v) is 1.49. The Morgan fingerprint density at radius 1 is 1.43 bits per heavy atom. The SMILES string of the molecule is Nc1c(Cl)ccc(S(=O)(=O)O)c1[O-].[K+]. The van der Waals surface area contributed by atoms with Gasteiger partial charge in [0.2, 0.25) is 0 Å². The van der Waals surface area contributed by atoms with Crippen LogP contribution in [0.3, 0.4) is 0 Å². The summed E-state index contributed by atoms with van der Waals surface area (Å²) in [5, 5.41) is 11.0. The first-order valence-electron chi connectivity index (χ1n) is 3.06. The molecule has 0 aliphatic heterocycles. The molecule has 0 unspecified atom stereocenters. The largest absolute Gasteiger partial charge is 1.00 e. The third kappa shape index (κ3) is 3.07. The first-order chi connectivity index (χ1) is 5.84. The van der Waals surface area contributed by atoms with Gasteiger partial charge in [0.15, 0.2) is 0 Å². The summed E-state index contributed by atoms with van der Waals surface area (Å²) in [5.41, 5.74) is 4.77. The summed E-state index contributed by atoms with van der Waals surface area (Å²) < 4.78 is 29.7. The Morgan fingerprint density at radius 2 is 1.93 bits per heavy atom. The molecular formula is C6H5ClKNO4S. The van der Waals surface area contributed by atoms with Crippen LogP contribution in [0.2, 0.25) is 5.02 Å². The minimum absolute atomic E-state index is 0. The van der Waals surface area contributed by atoms with Crippen LogP contribution in [0.25, 0.3) is 0 Å². The Labute approximate surface area is 128 Å². The number of hydrogen-bond donors (Lipinski definition) is 2. The van der Waals surface area contributed by atoms with E-state index in [0.29, 0.717) is 0 Å². The monoisotopic (exact) mass is 261 g/mol. The predicted octanol–water partition coefficient (Wildman–Crippen LogP) is -2.75. The van der Waals surface area contributed by atoms with Crippen molar-refractivity contribution in [1.29, 1.82) is 0 Å². The van der Waals surface area contributed by atoms with E-state index in [9.17, 15) is 13.5 Å². The molecule has 0 saturated heterocycles. The number of nitrogens with two attached hydrogens (primary N) is 1. The Kier molecular flexibility index (Phi) is 5.37. The number of hydrogen-bond acceptors (Lipinski definition) is 4. The summed E-state index contributed by atoms with van der Waals surface area (Å²) in [6.45, 7) is 0. The summed E-state index contributed by atoms with van der Waals surface area (Å²) in [6.07, 6.45) is 0. The molecule has 72 valence electrons. The van der Waals surface area contributed by atoms with Gasteiger partial charge in [0.1, 0.15) is 0 Å². The zero-order valence-corrected chi connectivity index (χ0v) is 11.9. The van der Waals surface area contributed by atoms with Crippen molar-refractivity contribution in [2.45, 2.75) is 4.90 Å². The van der Waals surface area contributed by atoms with Gasteiger partial charge in [-0.25, -0.2) is 0 Å². The summed E-state index contributed by atoms with van der Waals surface area (Å²) in [6, 6.07) is 2.03. The molecule has 14 heavy (non-hydrogen) atoms. The Balaban J connectivity index is 0.00000169. The van der Waals surface area contributed by atoms with Gasteiger partial charge in [-0.3, -0.25) is 4.55 Å². The Bertz CT molecular complexity index is 447. The molecule has 0 aliphatic rings. The van der Waals surface area contributed by atoms with Crippen molar-refractivity contribution in [3.63, 3.8) is 0 Å². The number of nitrogen functional groups attached to an aromatic ring is 1. The van der Waals surface area contributed by atoms with Gasteiger partial charge in [0, 0.05) is 5.69 Å². The van der Waals surface area contributed by atoms with Crippen molar-refractivity contribution in [1.82, 2.24) is 0 Å². The van der Waals surface area contributed by atoms with Gasteiger partial charge in [-0.05, 0) is 12.1 Å². The van der Waals surface area contributed by atoms with Crippen molar-refractivity contribution >= 4 is 27.4 Å². The van der Waals surface area contributed by atoms with E-state index in [2.05, 4.69) is 0 Å². The quantitative estimate of drug-likeness (QED) is 0.324. The molecule has 0 amide bonds. The molecule has 0 atom stereocenters. The van der Waals surface area contributed by atoms with Gasteiger partial charge in [-0.2, -0.15) is 8.42 Å². The van der Waals surface area contributed by atoms with Crippen LogP contribution in [-0.2, 0) is 10.1 Å². The second kappa shape index (κ2) is 5.13. The summed E-state index contributed by atoms with van der Waals surface area (Å²) in [7, 11) is -4.52. The fraction of sp³-hybridized carbons (Fsp3) is 0. The first-order valence-corrected chi connectivity index (χ1v) is 4.88. The molecule has 1 rings (SSSR count). The summed E-state index contributed by atoms with van der Waals surface area (Å²) >= 11 is 5.43. The van der Waals surface area contributed by atoms with Gasteiger partial charge < -0.3 is 10.8 Å². The van der Waals surface area contributed by atoms with E-state index in [1.165, 1.54) is 0 Å². The Hall–Kier alpha value is 0.656. The smallest absolute Gasteiger partial charge is 0.870 e. The molecule has 0 spiro atoms. The zero-order valence-electron chi connectivity index (χ0n) is 7.19. The molecule has 3 N–H and O–H groups in total. The molecule has 1 aromatic rings. The molecule has 0 bridgehead atoms. The van der Waals surface area contributed by atoms with Gasteiger partial charge in [0.25, 0.3) is 10.1 Å². The molecule has 0 aliphatic carbocycles. The normalized spacial score (nSPS) is 10.7. The number of halogens is 1. The van der Waals surface area contributed by atoms with Gasteiger partial charge in [0.05, 0.1) is 9.92 Å². The van der Waals surface area contributed by atoms with Crippen LogP contribution in [0.5, 0.6) is 5.75 Å². The molecule has 0 radical (unpaired) electrons. The maximum atomic E-state index is 11.1. The van der Waals surface area contributed by atoms with E-state index >= 15 is 0 Å². The first kappa shape index (κ1) is 14.7. The Morgan fingerprint density at radius 3 is 2.36 bits per heavy atom. The molecule has 0 heterocycles. The topological polar surface area (TPSA) is 103 Å². The van der Waals surface area contributed by atoms with Crippen LogP contribution in [-0.4, -0.2) is 13.0 Å². The van der Waals surface area contributed by atoms with Gasteiger partial charge in [-0.15, -0.1) is 0 Å². The molecule has 1 aromatic carbocycles. The van der Waals surface area contributed by atoms with Crippen LogP contribution in [0, 0.1) is 0 Å². The van der Waals surface area contributed by atoms with Crippen molar-refractivity contribution in [2.75, 3.05) is 5.73 Å². The van der Waals surface area contributed by atoms with E-state index in [1.807, 2.05) is 0 Å². The third-order valence-corrected chi connectivity index (χ3v) is 2.59. The van der Waals surface area contributed by atoms with Crippen LogP contribution in [0.1, 0.15) is 0 Å². The standard InChI is InChI=1S/C6H6ClNO4S.K/c7-3-1-2-4(13(10,11)12)6(9)5(3)8;/h1-2,9H,8H2,(H,10,11,12);/q;+1/p-1. The average molecular weight is 262 g/mol. The van der Waals surface area contributed by atoms with Crippen molar-refractivity contribution in [3.05, 3.63) is 17.2 Å². The average Bonchev–Trinajstić information content (AvgIpc) is 1.98. The summed E-state index contributed by atoms with van der Waals surface area (Å²) in [4.78, 5) is -0.769. The van der Waals surface area contributed by atoms with Gasteiger partial charge in [-0.1, -0.05) is 17.4 Å². The van der Waals surface area contributed by atoms with E-state index in [1.54, 1.807) is 0 Å². The second-order valence-electron chi connectivity index (χ2n) is 2.26. The molecule has 5 nitrogen and oxygen atoms in total. The fourth-order valence-electron chi connectivity index (χ4n) is 0.759. The molecular weight excluding hydrogens is 257 g/mol. The maximum Gasteiger partial charge on any atom is 1.00 e.